The van der Waals surface area contributed by atoms with Crippen LogP contribution in [0.15, 0.2) is 0 Å². The monoisotopic (exact) mass is 176 g/mol. The van der Waals surface area contributed by atoms with Gasteiger partial charge in [-0.05, 0) is 32.6 Å². The molecule has 0 spiro atoms. The summed E-state index contributed by atoms with van der Waals surface area (Å²) in [6, 6.07) is 0. The van der Waals surface area contributed by atoms with Crippen molar-refractivity contribution in [3.05, 3.63) is 0 Å². The van der Waals surface area contributed by atoms with Crippen LogP contribution >= 0.6 is 0 Å². The number of rotatable bonds is 6. The first-order chi connectivity index (χ1) is 5.48. The highest BCUT2D eigenvalue weighted by Crippen LogP contribution is 2.19. The predicted octanol–water partition coefficient (Wildman–Crippen LogP) is 2.71. The lowest BCUT2D eigenvalue weighted by Gasteiger charge is -2.22. The molecule has 0 amide bonds. The number of hydrogen-bond acceptors (Lipinski definition) is 3. The van der Waals surface area contributed by atoms with Gasteiger partial charge in [-0.2, -0.15) is 0 Å². The van der Waals surface area contributed by atoms with Gasteiger partial charge in [-0.25, -0.2) is 9.78 Å². The van der Waals surface area contributed by atoms with Crippen LogP contribution in [0.5, 0.6) is 0 Å². The van der Waals surface area contributed by atoms with E-state index in [1.807, 2.05) is 13.8 Å². The van der Waals surface area contributed by atoms with Crippen LogP contribution in [0.4, 0.5) is 0 Å². The molecular weight excluding hydrogens is 156 g/mol. The first-order valence-corrected chi connectivity index (χ1v) is 4.36. The van der Waals surface area contributed by atoms with Gasteiger partial charge in [0, 0.05) is 0 Å². The van der Waals surface area contributed by atoms with E-state index >= 15 is 0 Å². The van der Waals surface area contributed by atoms with E-state index in [2.05, 4.69) is 23.8 Å². The summed E-state index contributed by atoms with van der Waals surface area (Å²) in [5.41, 5.74) is -0.264. The average molecular weight is 176 g/mol. The maximum absolute atomic E-state index is 5.01. The molecule has 0 atom stereocenters. The van der Waals surface area contributed by atoms with Gasteiger partial charge in [-0.3, -0.25) is 0 Å². The maximum atomic E-state index is 5.01. The topological polar surface area (TPSA) is 27.7 Å². The number of hydrogen-bond donors (Lipinski definition) is 0. The summed E-state index contributed by atoms with van der Waals surface area (Å²) in [7, 11) is 1.43. The van der Waals surface area contributed by atoms with Gasteiger partial charge in [0.1, 0.15) is 5.60 Å². The zero-order chi connectivity index (χ0) is 9.61. The predicted molar refractivity (Wildman–Crippen MR) is 47.3 cm³/mol. The molecule has 0 aliphatic heterocycles. The van der Waals surface area contributed by atoms with Gasteiger partial charge in [0.25, 0.3) is 0 Å². The Bertz CT molecular complexity index is 110. The van der Waals surface area contributed by atoms with Gasteiger partial charge in [0.2, 0.25) is 0 Å². The summed E-state index contributed by atoms with van der Waals surface area (Å²) >= 11 is 0. The molecule has 0 rings (SSSR count). The Morgan fingerprint density at radius 2 is 1.83 bits per heavy atom. The Morgan fingerprint density at radius 1 is 1.25 bits per heavy atom. The van der Waals surface area contributed by atoms with Gasteiger partial charge in [-0.1, -0.05) is 18.9 Å². The molecule has 0 fully saturated rings. The molecule has 12 heavy (non-hydrogen) atoms. The summed E-state index contributed by atoms with van der Waals surface area (Å²) in [6.45, 7) is 8.34. The molecule has 0 aromatic carbocycles. The second kappa shape index (κ2) is 5.51. The Morgan fingerprint density at radius 3 is 2.25 bits per heavy atom. The van der Waals surface area contributed by atoms with Gasteiger partial charge < -0.3 is 0 Å². The van der Waals surface area contributed by atoms with Crippen LogP contribution in [-0.4, -0.2) is 12.7 Å². The summed E-state index contributed by atoms with van der Waals surface area (Å²) in [5.74, 6) is 0.690. The lowest BCUT2D eigenvalue weighted by molar-refractivity contribution is -0.532. The lowest BCUT2D eigenvalue weighted by Crippen LogP contribution is -2.24. The Kier molecular flexibility index (Phi) is 5.46. The highest BCUT2D eigenvalue weighted by molar-refractivity contribution is 4.66. The molecule has 74 valence electrons. The van der Waals surface area contributed by atoms with Crippen molar-refractivity contribution >= 4 is 0 Å². The van der Waals surface area contributed by atoms with Gasteiger partial charge in [0.05, 0.1) is 7.11 Å². The molecule has 0 N–H and O–H groups in total. The van der Waals surface area contributed by atoms with Gasteiger partial charge in [0.15, 0.2) is 0 Å². The van der Waals surface area contributed by atoms with Crippen molar-refractivity contribution in [2.75, 3.05) is 7.11 Å². The molecule has 3 heteroatoms. The SMILES string of the molecule is COOOC(C)(C)CCC(C)C. The minimum atomic E-state index is -0.264. The van der Waals surface area contributed by atoms with Crippen molar-refractivity contribution in [2.24, 2.45) is 5.92 Å². The van der Waals surface area contributed by atoms with E-state index in [0.29, 0.717) is 5.92 Å². The third-order valence-electron chi connectivity index (χ3n) is 1.65. The molecule has 0 aliphatic rings. The Balaban J connectivity index is 3.56. The zero-order valence-corrected chi connectivity index (χ0v) is 8.72. The van der Waals surface area contributed by atoms with E-state index in [4.69, 9.17) is 4.89 Å². The van der Waals surface area contributed by atoms with Gasteiger partial charge in [-0.15, -0.1) is 0 Å². The first kappa shape index (κ1) is 11.9. The normalized spacial score (nSPS) is 12.5. The summed E-state index contributed by atoms with van der Waals surface area (Å²) < 4.78 is 0. The molecule has 0 saturated carbocycles. The van der Waals surface area contributed by atoms with E-state index in [0.717, 1.165) is 12.8 Å². The van der Waals surface area contributed by atoms with E-state index in [1.165, 1.54) is 7.11 Å². The highest BCUT2D eigenvalue weighted by atomic mass is 17.5. The van der Waals surface area contributed by atoms with Crippen molar-refractivity contribution < 1.29 is 14.8 Å². The first-order valence-electron chi connectivity index (χ1n) is 4.36. The Hall–Kier alpha value is -0.120. The third kappa shape index (κ3) is 6.58. The van der Waals surface area contributed by atoms with Crippen molar-refractivity contribution in [1.82, 2.24) is 0 Å². The summed E-state index contributed by atoms with van der Waals surface area (Å²) in [4.78, 5) is 9.37. The quantitative estimate of drug-likeness (QED) is 0.460. The van der Waals surface area contributed by atoms with Gasteiger partial charge >= 0.3 is 0 Å². The van der Waals surface area contributed by atoms with Crippen LogP contribution < -0.4 is 0 Å². The van der Waals surface area contributed by atoms with Crippen LogP contribution in [0.2, 0.25) is 0 Å². The minimum absolute atomic E-state index is 0.264. The van der Waals surface area contributed by atoms with Crippen LogP contribution in [0.1, 0.15) is 40.5 Å². The average Bonchev–Trinajstić information content (AvgIpc) is 1.98. The molecule has 0 aromatic rings. The van der Waals surface area contributed by atoms with Crippen molar-refractivity contribution in [1.29, 1.82) is 0 Å². The highest BCUT2D eigenvalue weighted by Gasteiger charge is 2.20. The summed E-state index contributed by atoms with van der Waals surface area (Å²) in [6.07, 6.45) is 2.09. The molecule has 0 saturated heterocycles. The van der Waals surface area contributed by atoms with E-state index < -0.39 is 0 Å². The van der Waals surface area contributed by atoms with E-state index in [-0.39, 0.29) is 5.60 Å². The van der Waals surface area contributed by atoms with Crippen molar-refractivity contribution in [3.63, 3.8) is 0 Å². The largest absolute Gasteiger partial charge is 0.210 e. The fourth-order valence-corrected chi connectivity index (χ4v) is 0.804. The molecule has 3 nitrogen and oxygen atoms in total. The molecule has 0 aliphatic carbocycles. The molecule has 0 heterocycles. The fourth-order valence-electron chi connectivity index (χ4n) is 0.804. The van der Waals surface area contributed by atoms with Crippen LogP contribution in [0, 0.1) is 5.92 Å². The van der Waals surface area contributed by atoms with Crippen LogP contribution in [0.25, 0.3) is 0 Å². The molecule has 0 aromatic heterocycles. The molecule has 0 radical (unpaired) electrons. The zero-order valence-electron chi connectivity index (χ0n) is 8.72. The Labute approximate surface area is 74.9 Å². The lowest BCUT2D eigenvalue weighted by atomic mass is 9.97. The summed E-state index contributed by atoms with van der Waals surface area (Å²) in [5, 5.41) is 4.43. The second-order valence-corrected chi connectivity index (χ2v) is 4.01. The molecule has 0 unspecified atom stereocenters. The standard InChI is InChI=1S/C9H20O3/c1-8(2)6-7-9(3,4)11-12-10-5/h8H,6-7H2,1-5H3. The molecular formula is C9H20O3. The smallest absolute Gasteiger partial charge is 0.101 e. The van der Waals surface area contributed by atoms with Crippen LogP contribution in [-0.2, 0) is 14.8 Å². The van der Waals surface area contributed by atoms with Crippen molar-refractivity contribution in [3.8, 4) is 0 Å². The van der Waals surface area contributed by atoms with Crippen LogP contribution in [0.3, 0.4) is 0 Å². The minimum Gasteiger partial charge on any atom is -0.210 e. The maximum Gasteiger partial charge on any atom is 0.101 e. The van der Waals surface area contributed by atoms with E-state index in [1.54, 1.807) is 0 Å². The molecule has 0 bridgehead atoms. The second-order valence-electron chi connectivity index (χ2n) is 4.01. The van der Waals surface area contributed by atoms with E-state index in [9.17, 15) is 0 Å². The fraction of sp³-hybridized carbons (Fsp3) is 1.00. The third-order valence-corrected chi connectivity index (χ3v) is 1.65. The van der Waals surface area contributed by atoms with Crippen molar-refractivity contribution in [2.45, 2.75) is 46.1 Å².